The molecule has 1 spiro atoms. The number of nitrogens with zero attached hydrogens (tertiary/aromatic N) is 5. The van der Waals surface area contributed by atoms with Crippen LogP contribution in [-0.2, 0) is 28.9 Å². The average Bonchev–Trinajstić information content (AvgIpc) is 4.19. The minimum atomic E-state index is -1.44. The van der Waals surface area contributed by atoms with E-state index in [0.29, 0.717) is 17.4 Å². The number of aliphatic imine (C=N–C) groups is 3. The Balaban J connectivity index is 0.998. The van der Waals surface area contributed by atoms with Gasteiger partial charge < -0.3 is 42.9 Å². The van der Waals surface area contributed by atoms with Gasteiger partial charge in [0.05, 0.1) is 32.8 Å². The Morgan fingerprint density at radius 2 is 1.48 bits per heavy atom. The lowest BCUT2D eigenvalue weighted by atomic mass is 9.80. The van der Waals surface area contributed by atoms with Gasteiger partial charge in [0.25, 0.3) is 14.4 Å². The van der Waals surface area contributed by atoms with Crippen molar-refractivity contribution in [1.82, 2.24) is 14.9 Å². The standard InChI is InChI=1S/C48H53N6O8P/c1-56-36-22-18-34(19-23-36)48(33-15-8-5-9-16-33,35-20-24-37(57-2)25-21-35)59-29-38-41(61-63-54-28-12-17-39(54)47(62-63)26-10-11-27-47)42(58-3)46(60-38)53-31-51-40-43(49-30-50-44(40)53)52-45(55)32-13-6-4-7-14-32/h4-9,13-16,18-25,30-31,38-42,44,46H,10-12,17,26-29H2,1-3H3,(H,49,50,52,55)/t38-,39-,40?,41-,42-,44?,46-,63+/m1/s1. The molecule has 1 amide bonds. The van der Waals surface area contributed by atoms with Gasteiger partial charge in [0.15, 0.2) is 18.4 Å². The maximum atomic E-state index is 13.3. The van der Waals surface area contributed by atoms with E-state index in [9.17, 15) is 4.79 Å². The number of benzene rings is 4. The fourth-order valence-corrected chi connectivity index (χ4v) is 12.5. The summed E-state index contributed by atoms with van der Waals surface area (Å²) in [5.41, 5.74) is 1.96. The summed E-state index contributed by atoms with van der Waals surface area (Å²) < 4.78 is 49.1. The molecule has 6 aliphatic rings. The maximum absolute atomic E-state index is 13.3. The van der Waals surface area contributed by atoms with Crippen molar-refractivity contribution in [1.29, 1.82) is 0 Å². The Hall–Kier alpha value is -5.05. The van der Waals surface area contributed by atoms with Crippen LogP contribution in [-0.4, -0.2) is 117 Å². The Labute approximate surface area is 369 Å². The Morgan fingerprint density at radius 1 is 0.825 bits per heavy atom. The van der Waals surface area contributed by atoms with Crippen LogP contribution in [0, 0.1) is 0 Å². The zero-order valence-corrected chi connectivity index (χ0v) is 36.6. The predicted octanol–water partition coefficient (Wildman–Crippen LogP) is 7.08. The lowest BCUT2D eigenvalue weighted by Crippen LogP contribution is -2.53. The van der Waals surface area contributed by atoms with Crippen molar-refractivity contribution in [3.8, 4) is 11.5 Å². The molecular weight excluding hydrogens is 820 g/mol. The second kappa shape index (κ2) is 17.8. The van der Waals surface area contributed by atoms with Gasteiger partial charge in [-0.1, -0.05) is 85.6 Å². The summed E-state index contributed by atoms with van der Waals surface area (Å²) in [4.78, 5) is 29.3. The third-order valence-electron chi connectivity index (χ3n) is 13.4. The highest BCUT2D eigenvalue weighted by molar-refractivity contribution is 7.45. The number of nitrogens with one attached hydrogen (secondary N) is 1. The molecule has 3 saturated heterocycles. The third kappa shape index (κ3) is 7.65. The first-order valence-corrected chi connectivity index (χ1v) is 22.9. The number of amides is 1. The second-order valence-electron chi connectivity index (χ2n) is 16.7. The van der Waals surface area contributed by atoms with E-state index in [1.807, 2.05) is 89.8 Å². The molecule has 0 radical (unpaired) electrons. The molecule has 0 bridgehead atoms. The molecule has 0 aromatic heterocycles. The summed E-state index contributed by atoms with van der Waals surface area (Å²) in [5, 5.41) is 2.98. The molecule has 4 fully saturated rings. The third-order valence-corrected chi connectivity index (χ3v) is 15.2. The zero-order chi connectivity index (χ0) is 43.0. The fraction of sp³-hybridized carbons (Fsp3) is 0.417. The molecular formula is C48H53N6O8P. The number of rotatable bonds is 13. The maximum Gasteiger partial charge on any atom is 0.260 e. The van der Waals surface area contributed by atoms with E-state index < -0.39 is 50.9 Å². The van der Waals surface area contributed by atoms with Gasteiger partial charge in [-0.3, -0.25) is 9.79 Å². The second-order valence-corrected chi connectivity index (χ2v) is 18.1. The molecule has 1 N–H and O–H groups in total. The molecule has 1 aliphatic carbocycles. The molecule has 14 nitrogen and oxygen atoms in total. The monoisotopic (exact) mass is 872 g/mol. The number of carbonyl (C=O) groups excluding carboxylic acids is 1. The lowest BCUT2D eigenvalue weighted by Gasteiger charge is -2.37. The summed E-state index contributed by atoms with van der Waals surface area (Å²) >= 11 is 0. The van der Waals surface area contributed by atoms with Crippen LogP contribution in [0.25, 0.3) is 0 Å². The largest absolute Gasteiger partial charge is 0.497 e. The van der Waals surface area contributed by atoms with Crippen molar-refractivity contribution in [2.24, 2.45) is 15.0 Å². The average molecular weight is 873 g/mol. The molecule has 8 atom stereocenters. The van der Waals surface area contributed by atoms with E-state index in [-0.39, 0.29) is 18.1 Å². The van der Waals surface area contributed by atoms with Gasteiger partial charge in [-0.2, -0.15) is 0 Å². The molecule has 10 rings (SSSR count). The van der Waals surface area contributed by atoms with Crippen molar-refractivity contribution in [3.05, 3.63) is 131 Å². The fourth-order valence-electron chi connectivity index (χ4n) is 10.2. The summed E-state index contributed by atoms with van der Waals surface area (Å²) in [6, 6.07) is 35.0. The lowest BCUT2D eigenvalue weighted by molar-refractivity contribution is -0.108. The molecule has 1 saturated carbocycles. The van der Waals surface area contributed by atoms with Gasteiger partial charge in [-0.25, -0.2) is 14.7 Å². The topological polar surface area (TPSA) is 137 Å². The summed E-state index contributed by atoms with van der Waals surface area (Å²) in [5.74, 6) is 1.59. The Morgan fingerprint density at radius 3 is 2.13 bits per heavy atom. The van der Waals surface area contributed by atoms with Gasteiger partial charge >= 0.3 is 0 Å². The molecule has 4 aromatic carbocycles. The summed E-state index contributed by atoms with van der Waals surface area (Å²) in [6.07, 6.45) is 6.68. The van der Waals surface area contributed by atoms with Crippen LogP contribution < -0.4 is 14.8 Å². The molecule has 4 aromatic rings. The quantitative estimate of drug-likeness (QED) is 0.110. The molecule has 5 heterocycles. The first-order valence-electron chi connectivity index (χ1n) is 21.8. The Bertz CT molecular complexity index is 2270. The molecule has 328 valence electrons. The summed E-state index contributed by atoms with van der Waals surface area (Å²) in [7, 11) is 3.57. The number of carbonyl (C=O) groups is 1. The van der Waals surface area contributed by atoms with E-state index >= 15 is 0 Å². The van der Waals surface area contributed by atoms with Crippen molar-refractivity contribution in [2.45, 2.75) is 92.5 Å². The van der Waals surface area contributed by atoms with Crippen LogP contribution in [0.3, 0.4) is 0 Å². The highest BCUT2D eigenvalue weighted by Gasteiger charge is 2.60. The van der Waals surface area contributed by atoms with Crippen LogP contribution in [0.1, 0.15) is 65.6 Å². The Kier molecular flexibility index (Phi) is 11.9. The van der Waals surface area contributed by atoms with Gasteiger partial charge in [0.2, 0.25) is 0 Å². The van der Waals surface area contributed by atoms with Crippen LogP contribution in [0.15, 0.2) is 124 Å². The molecule has 15 heteroatoms. The van der Waals surface area contributed by atoms with Crippen LogP contribution >= 0.6 is 8.53 Å². The highest BCUT2D eigenvalue weighted by atomic mass is 31.2. The molecule has 2 unspecified atom stereocenters. The normalized spacial score (nSPS) is 28.3. The minimum Gasteiger partial charge on any atom is -0.497 e. The van der Waals surface area contributed by atoms with Crippen molar-refractivity contribution < 1.29 is 37.5 Å². The number of methoxy groups -OCH3 is 3. The van der Waals surface area contributed by atoms with Crippen molar-refractivity contribution in [3.63, 3.8) is 0 Å². The van der Waals surface area contributed by atoms with E-state index in [4.69, 9.17) is 42.7 Å². The number of amidine groups is 1. The van der Waals surface area contributed by atoms with E-state index in [1.54, 1.807) is 39.8 Å². The van der Waals surface area contributed by atoms with E-state index in [2.05, 4.69) is 27.1 Å². The number of hydrogen-bond acceptors (Lipinski definition) is 13. The van der Waals surface area contributed by atoms with Gasteiger partial charge in [0.1, 0.15) is 47.6 Å². The minimum absolute atomic E-state index is 0.105. The van der Waals surface area contributed by atoms with Gasteiger partial charge in [-0.05, 0) is 78.8 Å². The van der Waals surface area contributed by atoms with Crippen LogP contribution in [0.4, 0.5) is 0 Å². The molecule has 63 heavy (non-hydrogen) atoms. The zero-order valence-electron chi connectivity index (χ0n) is 35.7. The first-order chi connectivity index (χ1) is 30.9. The van der Waals surface area contributed by atoms with Gasteiger partial charge in [0, 0.05) is 25.3 Å². The SMILES string of the molecule is COc1ccc(C(OC[C@H]2O[C@@H](N3C=NC4C(NC(=O)c5ccccc5)=NC=NC43)[C@H](OC)[C@@H]2O[P@@]2OC3(CCCC3)[C@H]3CCCN32)(c2ccccc2)c2ccc(OC)cc2)cc1. The van der Waals surface area contributed by atoms with Crippen molar-refractivity contribution >= 4 is 32.9 Å². The smallest absolute Gasteiger partial charge is 0.260 e. The van der Waals surface area contributed by atoms with E-state index in [0.717, 1.165) is 73.3 Å². The van der Waals surface area contributed by atoms with Crippen LogP contribution in [0.5, 0.6) is 11.5 Å². The highest BCUT2D eigenvalue weighted by Crippen LogP contribution is 2.65. The van der Waals surface area contributed by atoms with Crippen molar-refractivity contribution in [2.75, 3.05) is 34.5 Å². The first kappa shape index (κ1) is 41.9. The van der Waals surface area contributed by atoms with Gasteiger partial charge in [-0.15, -0.1) is 0 Å². The predicted molar refractivity (Wildman–Crippen MR) is 239 cm³/mol. The number of hydrogen-bond donors (Lipinski definition) is 1. The van der Waals surface area contributed by atoms with Crippen LogP contribution in [0.2, 0.25) is 0 Å². The summed E-state index contributed by atoms with van der Waals surface area (Å²) in [6.45, 7) is 1.03. The number of ether oxygens (including phenoxy) is 5. The van der Waals surface area contributed by atoms with E-state index in [1.165, 1.54) is 6.34 Å². The number of fused-ring (bicyclic) bond motifs is 3. The molecule has 5 aliphatic heterocycles.